The summed E-state index contributed by atoms with van der Waals surface area (Å²) in [6, 6.07) is 8.75. The van der Waals surface area contributed by atoms with Crippen LogP contribution in [-0.2, 0) is 17.2 Å². The van der Waals surface area contributed by atoms with E-state index >= 15 is 0 Å². The van der Waals surface area contributed by atoms with E-state index in [9.17, 15) is 23.3 Å². The monoisotopic (exact) mass is 483 g/mol. The van der Waals surface area contributed by atoms with Gasteiger partial charge in [0.15, 0.2) is 5.78 Å². The van der Waals surface area contributed by atoms with Crippen molar-refractivity contribution < 1.29 is 22.3 Å². The predicted molar refractivity (Wildman–Crippen MR) is 127 cm³/mol. The number of carbonyl (C=O) groups excluding carboxylic acids is 1. The second-order valence-electron chi connectivity index (χ2n) is 8.18. The van der Waals surface area contributed by atoms with E-state index < -0.39 is 20.8 Å². The van der Waals surface area contributed by atoms with Crippen LogP contribution in [0.4, 0.5) is 5.69 Å². The molecule has 9 nitrogen and oxygen atoms in total. The number of hydrogen-bond donors (Lipinski definition) is 0. The molecule has 0 spiro atoms. The fourth-order valence-corrected chi connectivity index (χ4v) is 4.47. The zero-order chi connectivity index (χ0) is 25.4. The highest BCUT2D eigenvalue weighted by atomic mass is 32.2. The van der Waals surface area contributed by atoms with Crippen molar-refractivity contribution in [2.45, 2.75) is 39.5 Å². The van der Waals surface area contributed by atoms with Crippen LogP contribution < -0.4 is 4.18 Å². The minimum atomic E-state index is -4.23. The lowest BCUT2D eigenvalue weighted by atomic mass is 9.90. The molecular formula is C24H25N3O6S. The van der Waals surface area contributed by atoms with Gasteiger partial charge in [-0.1, -0.05) is 23.3 Å². The van der Waals surface area contributed by atoms with Gasteiger partial charge in [0.05, 0.1) is 16.7 Å². The van der Waals surface area contributed by atoms with E-state index in [0.29, 0.717) is 16.7 Å². The third-order valence-electron chi connectivity index (χ3n) is 5.64. The van der Waals surface area contributed by atoms with Crippen LogP contribution in [0, 0.1) is 24.0 Å². The lowest BCUT2D eigenvalue weighted by Crippen LogP contribution is -2.15. The van der Waals surface area contributed by atoms with Crippen molar-refractivity contribution in [2.24, 2.45) is 7.05 Å². The number of rotatable bonds is 7. The molecule has 34 heavy (non-hydrogen) atoms. The minimum Gasteiger partial charge on any atom is -0.358 e. The third-order valence-corrected chi connectivity index (χ3v) is 6.86. The highest BCUT2D eigenvalue weighted by Gasteiger charge is 2.29. The van der Waals surface area contributed by atoms with E-state index in [1.807, 2.05) is 20.8 Å². The molecule has 178 valence electrons. The average molecular weight is 484 g/mol. The van der Waals surface area contributed by atoms with Gasteiger partial charge in [0, 0.05) is 18.7 Å². The third kappa shape index (κ3) is 4.62. The minimum absolute atomic E-state index is 0.0642. The molecule has 0 amide bonds. The summed E-state index contributed by atoms with van der Waals surface area (Å²) in [5.74, 6) is -0.804. The first kappa shape index (κ1) is 24.8. The largest absolute Gasteiger partial charge is 0.358 e. The Balaban J connectivity index is 2.11. The van der Waals surface area contributed by atoms with Gasteiger partial charge >= 0.3 is 10.1 Å². The Morgan fingerprint density at radius 3 is 2.21 bits per heavy atom. The second kappa shape index (κ2) is 9.22. The zero-order valence-electron chi connectivity index (χ0n) is 19.7. The van der Waals surface area contributed by atoms with Gasteiger partial charge in [-0.3, -0.25) is 14.9 Å². The average Bonchev–Trinajstić information content (AvgIpc) is 3.12. The highest BCUT2D eigenvalue weighted by Crippen LogP contribution is 2.35. The fourth-order valence-electron chi connectivity index (χ4n) is 3.50. The predicted octanol–water partition coefficient (Wildman–Crippen LogP) is 4.76. The standard InChI is InChI=1S/C24H25N3O6S/c1-14(2)16(4)22-17(5)19(11-12-21(22)27(29)30)23(28)20-13-25-26(6)24(20)33-34(31,32)18-9-7-15(3)8-10-18/h7-13H,1-6H3. The van der Waals surface area contributed by atoms with E-state index in [0.717, 1.165) is 15.8 Å². The van der Waals surface area contributed by atoms with Crippen LogP contribution in [0.3, 0.4) is 0 Å². The Bertz CT molecular complexity index is 1430. The Kier molecular flexibility index (Phi) is 6.74. The SMILES string of the molecule is CC(C)=C(C)c1c([N+](=O)[O-])ccc(C(=O)c2cnn(C)c2OS(=O)(=O)c2ccc(C)cc2)c1C. The summed E-state index contributed by atoms with van der Waals surface area (Å²) in [4.78, 5) is 24.5. The van der Waals surface area contributed by atoms with Gasteiger partial charge < -0.3 is 4.18 Å². The Labute approximate surface area is 198 Å². The lowest BCUT2D eigenvalue weighted by molar-refractivity contribution is -0.385. The molecule has 1 heterocycles. The number of nitro benzene ring substituents is 1. The van der Waals surface area contributed by atoms with Crippen LogP contribution >= 0.6 is 0 Å². The molecule has 2 aromatic carbocycles. The number of ketones is 1. The molecule has 0 aliphatic heterocycles. The van der Waals surface area contributed by atoms with E-state index in [-0.39, 0.29) is 27.6 Å². The van der Waals surface area contributed by atoms with Crippen LogP contribution in [0.25, 0.3) is 5.57 Å². The summed E-state index contributed by atoms with van der Waals surface area (Å²) in [5.41, 5.74) is 3.20. The van der Waals surface area contributed by atoms with Crippen molar-refractivity contribution in [2.75, 3.05) is 0 Å². The Hall–Kier alpha value is -3.79. The first-order chi connectivity index (χ1) is 15.8. The quantitative estimate of drug-likeness (QED) is 0.206. The lowest BCUT2D eigenvalue weighted by Gasteiger charge is -2.14. The summed E-state index contributed by atoms with van der Waals surface area (Å²) >= 11 is 0. The maximum Gasteiger partial charge on any atom is 0.340 e. The van der Waals surface area contributed by atoms with Crippen LogP contribution in [-0.4, -0.2) is 28.9 Å². The molecule has 0 radical (unpaired) electrons. The van der Waals surface area contributed by atoms with Crippen molar-refractivity contribution in [3.05, 3.63) is 86.1 Å². The topological polar surface area (TPSA) is 121 Å². The van der Waals surface area contributed by atoms with Gasteiger partial charge in [-0.15, -0.1) is 0 Å². The molecule has 0 aliphatic carbocycles. The summed E-state index contributed by atoms with van der Waals surface area (Å²) in [7, 11) is -2.77. The van der Waals surface area contributed by atoms with Gasteiger partial charge in [0.25, 0.3) is 5.69 Å². The van der Waals surface area contributed by atoms with E-state index in [4.69, 9.17) is 4.18 Å². The maximum atomic E-state index is 13.5. The van der Waals surface area contributed by atoms with Crippen molar-refractivity contribution in [1.82, 2.24) is 9.78 Å². The first-order valence-electron chi connectivity index (χ1n) is 10.4. The van der Waals surface area contributed by atoms with Crippen molar-refractivity contribution in [1.29, 1.82) is 0 Å². The Morgan fingerprint density at radius 1 is 1.03 bits per heavy atom. The van der Waals surface area contributed by atoms with Crippen LogP contribution in [0.5, 0.6) is 5.88 Å². The second-order valence-corrected chi connectivity index (χ2v) is 9.73. The number of aromatic nitrogens is 2. The maximum absolute atomic E-state index is 13.5. The zero-order valence-corrected chi connectivity index (χ0v) is 20.6. The van der Waals surface area contributed by atoms with Gasteiger partial charge in [-0.2, -0.15) is 13.5 Å². The number of carbonyl (C=O) groups is 1. The molecule has 0 unspecified atom stereocenters. The number of allylic oxidation sites excluding steroid dienone is 2. The molecule has 3 aromatic rings. The molecule has 1 aromatic heterocycles. The molecule has 0 N–H and O–H groups in total. The number of nitro groups is 1. The summed E-state index contributed by atoms with van der Waals surface area (Å²) < 4.78 is 32.1. The smallest absolute Gasteiger partial charge is 0.340 e. The highest BCUT2D eigenvalue weighted by molar-refractivity contribution is 7.87. The van der Waals surface area contributed by atoms with Gasteiger partial charge in [-0.05, 0) is 64.0 Å². The molecule has 10 heteroatoms. The van der Waals surface area contributed by atoms with Gasteiger partial charge in [0.1, 0.15) is 10.5 Å². The van der Waals surface area contributed by atoms with Crippen molar-refractivity contribution in [3.63, 3.8) is 0 Å². The van der Waals surface area contributed by atoms with Gasteiger partial charge in [0.2, 0.25) is 5.88 Å². The van der Waals surface area contributed by atoms with Crippen LogP contribution in [0.1, 0.15) is 53.4 Å². The molecule has 0 saturated heterocycles. The van der Waals surface area contributed by atoms with Crippen molar-refractivity contribution in [3.8, 4) is 5.88 Å². The molecule has 0 bridgehead atoms. The molecule has 0 atom stereocenters. The number of hydrogen-bond acceptors (Lipinski definition) is 7. The molecule has 3 rings (SSSR count). The fraction of sp³-hybridized carbons (Fsp3) is 0.250. The molecule has 0 saturated carbocycles. The van der Waals surface area contributed by atoms with E-state index in [1.54, 1.807) is 26.0 Å². The van der Waals surface area contributed by atoms with E-state index in [1.165, 1.54) is 37.5 Å². The first-order valence-corrected chi connectivity index (χ1v) is 11.8. The van der Waals surface area contributed by atoms with Gasteiger partial charge in [-0.25, -0.2) is 4.68 Å². The summed E-state index contributed by atoms with van der Waals surface area (Å²) in [6.45, 7) is 8.87. The molecule has 0 fully saturated rings. The summed E-state index contributed by atoms with van der Waals surface area (Å²) in [6.07, 6.45) is 1.22. The van der Waals surface area contributed by atoms with E-state index in [2.05, 4.69) is 5.10 Å². The molecular weight excluding hydrogens is 458 g/mol. The van der Waals surface area contributed by atoms with Crippen LogP contribution in [0.15, 0.2) is 53.1 Å². The Morgan fingerprint density at radius 2 is 1.65 bits per heavy atom. The number of nitrogens with zero attached hydrogens (tertiary/aromatic N) is 3. The summed E-state index contributed by atoms with van der Waals surface area (Å²) in [5, 5.41) is 15.6. The molecule has 0 aliphatic rings. The van der Waals surface area contributed by atoms with Crippen LogP contribution in [0.2, 0.25) is 0 Å². The van der Waals surface area contributed by atoms with Crippen molar-refractivity contribution >= 4 is 27.2 Å². The normalized spacial score (nSPS) is 11.2. The number of benzene rings is 2. The number of aryl methyl sites for hydroxylation is 2.